The zero-order chi connectivity index (χ0) is 42.2. The van der Waals surface area contributed by atoms with Gasteiger partial charge in [-0.2, -0.15) is 0 Å². The topological polar surface area (TPSA) is 29.5 Å². The smallest absolute Gasteiger partial charge is 0.144 e. The lowest BCUT2D eigenvalue weighted by Gasteiger charge is -2.29. The Labute approximate surface area is 366 Å². The molecule has 0 N–H and O–H groups in total. The minimum atomic E-state index is -0.165. The van der Waals surface area contributed by atoms with Crippen LogP contribution in [0.15, 0.2) is 197 Å². The highest BCUT2D eigenvalue weighted by molar-refractivity contribution is 6.25. The van der Waals surface area contributed by atoms with Gasteiger partial charge in [0.05, 0.1) is 11.1 Å². The summed E-state index contributed by atoms with van der Waals surface area (Å²) in [6, 6.07) is 68.4. The van der Waals surface area contributed by atoms with Crippen molar-refractivity contribution in [3.05, 3.63) is 210 Å². The van der Waals surface area contributed by atoms with Gasteiger partial charge in [0.2, 0.25) is 0 Å². The first-order valence-corrected chi connectivity index (χ1v) is 22.0. The first-order valence-electron chi connectivity index (χ1n) is 22.0. The number of para-hydroxylation sites is 1. The van der Waals surface area contributed by atoms with Gasteiger partial charge in [-0.05, 0) is 116 Å². The molecule has 63 heavy (non-hydrogen) atoms. The normalized spacial score (nSPS) is 14.3. The second-order valence-corrected chi connectivity index (χ2v) is 18.4. The average molecular weight is 810 g/mol. The molecule has 0 saturated carbocycles. The number of benzene rings is 9. The Kier molecular flexibility index (Phi) is 7.42. The number of nitrogens with zero attached hydrogens (tertiary/aromatic N) is 1. The van der Waals surface area contributed by atoms with Crippen LogP contribution in [0, 0.1) is 0 Å². The molecule has 11 aromatic rings. The van der Waals surface area contributed by atoms with E-state index in [0.717, 1.165) is 77.6 Å². The van der Waals surface area contributed by atoms with Gasteiger partial charge in [-0.25, -0.2) is 0 Å². The third-order valence-corrected chi connectivity index (χ3v) is 14.3. The van der Waals surface area contributed by atoms with Crippen LogP contribution in [0.4, 0.5) is 17.1 Å². The third kappa shape index (κ3) is 5.08. The van der Waals surface area contributed by atoms with Crippen molar-refractivity contribution in [2.24, 2.45) is 0 Å². The monoisotopic (exact) mass is 809 g/mol. The van der Waals surface area contributed by atoms with Gasteiger partial charge < -0.3 is 13.7 Å². The SMILES string of the molecule is CC1(C)c2ccccc2-c2ccc(-c3c4oc5cccc(N(c6cccc(-c7ccccc7)c6)c6ccc7c(c6)C(C)(C)c6ccccc6-7)c5c4cc4oc5ccccc5c34)cc21. The van der Waals surface area contributed by atoms with Crippen LogP contribution in [0.3, 0.4) is 0 Å². The van der Waals surface area contributed by atoms with E-state index in [9.17, 15) is 0 Å². The lowest BCUT2D eigenvalue weighted by Crippen LogP contribution is -2.16. The molecule has 0 aliphatic heterocycles. The molecule has 0 unspecified atom stereocenters. The Morgan fingerprint density at radius 1 is 0.365 bits per heavy atom. The Balaban J connectivity index is 1.09. The highest BCUT2D eigenvalue weighted by Crippen LogP contribution is 2.54. The highest BCUT2D eigenvalue weighted by atomic mass is 16.3. The molecule has 0 atom stereocenters. The fraction of sp³-hybridized carbons (Fsp3) is 0.100. The Morgan fingerprint density at radius 2 is 0.968 bits per heavy atom. The van der Waals surface area contributed by atoms with E-state index in [-0.39, 0.29) is 10.8 Å². The molecular formula is C60H43NO2. The van der Waals surface area contributed by atoms with Crippen molar-refractivity contribution in [2.45, 2.75) is 38.5 Å². The lowest BCUT2D eigenvalue weighted by molar-refractivity contribution is 0.660. The number of hydrogen-bond donors (Lipinski definition) is 0. The van der Waals surface area contributed by atoms with E-state index >= 15 is 0 Å². The molecule has 2 aliphatic carbocycles. The van der Waals surface area contributed by atoms with Crippen LogP contribution in [0.2, 0.25) is 0 Å². The maximum Gasteiger partial charge on any atom is 0.144 e. The van der Waals surface area contributed by atoms with E-state index in [2.05, 4.69) is 221 Å². The molecule has 2 aromatic heterocycles. The lowest BCUT2D eigenvalue weighted by atomic mass is 9.81. The zero-order valence-corrected chi connectivity index (χ0v) is 35.7. The molecule has 2 aliphatic rings. The van der Waals surface area contributed by atoms with Crippen LogP contribution >= 0.6 is 0 Å². The molecular weight excluding hydrogens is 767 g/mol. The Bertz CT molecular complexity index is 3690. The van der Waals surface area contributed by atoms with Gasteiger partial charge in [0, 0.05) is 43.9 Å². The van der Waals surface area contributed by atoms with E-state index in [1.165, 1.54) is 50.1 Å². The standard InChI is InChI=1S/C60H43NO2/c1-59(2)47-23-11-8-20-41(47)43-30-28-38(33-49(43)59)55-57-45-22-10-13-26-52(45)62-54(57)35-46-56-51(25-15-27-53(56)63-58(46)55)61(39-19-14-18-37(32-39)36-16-6-5-7-17-36)40-29-31-44-42-21-9-12-24-48(42)60(3,4)50(44)34-40/h5-35H,1-4H3. The van der Waals surface area contributed by atoms with Crippen molar-refractivity contribution < 1.29 is 8.83 Å². The second-order valence-electron chi connectivity index (χ2n) is 18.4. The Hall–Kier alpha value is -7.62. The van der Waals surface area contributed by atoms with Crippen molar-refractivity contribution in [1.29, 1.82) is 0 Å². The maximum absolute atomic E-state index is 7.23. The van der Waals surface area contributed by atoms with Gasteiger partial charge in [-0.1, -0.05) is 161 Å². The number of anilines is 3. The average Bonchev–Trinajstić information content (AvgIpc) is 4.01. The largest absolute Gasteiger partial charge is 0.456 e. The highest BCUT2D eigenvalue weighted by Gasteiger charge is 2.37. The molecule has 2 heterocycles. The molecule has 0 fully saturated rings. The van der Waals surface area contributed by atoms with Crippen LogP contribution < -0.4 is 4.90 Å². The summed E-state index contributed by atoms with van der Waals surface area (Å²) < 4.78 is 14.0. The molecule has 300 valence electrons. The van der Waals surface area contributed by atoms with Gasteiger partial charge in [-0.15, -0.1) is 0 Å². The maximum atomic E-state index is 7.23. The zero-order valence-electron chi connectivity index (χ0n) is 35.7. The van der Waals surface area contributed by atoms with Crippen LogP contribution in [-0.4, -0.2) is 0 Å². The molecule has 0 bridgehead atoms. The van der Waals surface area contributed by atoms with Gasteiger partial charge in [0.25, 0.3) is 0 Å². The summed E-state index contributed by atoms with van der Waals surface area (Å²) in [7, 11) is 0. The van der Waals surface area contributed by atoms with Gasteiger partial charge in [0.1, 0.15) is 22.3 Å². The fourth-order valence-corrected chi connectivity index (χ4v) is 11.2. The summed E-state index contributed by atoms with van der Waals surface area (Å²) in [6.45, 7) is 9.40. The van der Waals surface area contributed by atoms with E-state index in [1.807, 2.05) is 0 Å². The van der Waals surface area contributed by atoms with Crippen molar-refractivity contribution in [3.8, 4) is 44.5 Å². The van der Waals surface area contributed by atoms with E-state index in [0.29, 0.717) is 0 Å². The summed E-state index contributed by atoms with van der Waals surface area (Å²) in [5.74, 6) is 0. The number of rotatable bonds is 5. The summed E-state index contributed by atoms with van der Waals surface area (Å²) >= 11 is 0. The molecule has 3 heteroatoms. The number of fused-ring (bicyclic) bond motifs is 12. The molecule has 0 spiro atoms. The molecule has 0 saturated heterocycles. The molecule has 13 rings (SSSR count). The van der Waals surface area contributed by atoms with E-state index in [1.54, 1.807) is 0 Å². The van der Waals surface area contributed by atoms with Crippen LogP contribution in [0.1, 0.15) is 49.9 Å². The van der Waals surface area contributed by atoms with E-state index in [4.69, 9.17) is 8.83 Å². The summed E-state index contributed by atoms with van der Waals surface area (Å²) in [6.07, 6.45) is 0. The summed E-state index contributed by atoms with van der Waals surface area (Å²) in [5.41, 5.74) is 21.3. The van der Waals surface area contributed by atoms with Crippen molar-refractivity contribution in [3.63, 3.8) is 0 Å². The summed E-state index contributed by atoms with van der Waals surface area (Å²) in [4.78, 5) is 2.43. The number of furan rings is 2. The Morgan fingerprint density at radius 3 is 1.75 bits per heavy atom. The minimum Gasteiger partial charge on any atom is -0.456 e. The van der Waals surface area contributed by atoms with Gasteiger partial charge >= 0.3 is 0 Å². The van der Waals surface area contributed by atoms with Crippen LogP contribution in [0.5, 0.6) is 0 Å². The van der Waals surface area contributed by atoms with E-state index < -0.39 is 0 Å². The molecule has 3 nitrogen and oxygen atoms in total. The van der Waals surface area contributed by atoms with Crippen molar-refractivity contribution in [2.75, 3.05) is 4.90 Å². The predicted molar refractivity (Wildman–Crippen MR) is 262 cm³/mol. The van der Waals surface area contributed by atoms with Crippen LogP contribution in [-0.2, 0) is 10.8 Å². The number of hydrogen-bond acceptors (Lipinski definition) is 3. The van der Waals surface area contributed by atoms with Gasteiger partial charge in [-0.3, -0.25) is 0 Å². The first kappa shape index (κ1) is 36.1. The van der Waals surface area contributed by atoms with Crippen molar-refractivity contribution >= 4 is 60.9 Å². The first-order chi connectivity index (χ1) is 30.8. The van der Waals surface area contributed by atoms with Gasteiger partial charge in [0.15, 0.2) is 0 Å². The predicted octanol–water partition coefficient (Wildman–Crippen LogP) is 16.9. The molecule has 9 aromatic carbocycles. The van der Waals surface area contributed by atoms with Crippen LogP contribution in [0.25, 0.3) is 88.4 Å². The second kappa shape index (κ2) is 13.0. The quantitative estimate of drug-likeness (QED) is 0.173. The third-order valence-electron chi connectivity index (χ3n) is 14.3. The molecule has 0 radical (unpaired) electrons. The molecule has 0 amide bonds. The summed E-state index contributed by atoms with van der Waals surface area (Å²) in [5, 5.41) is 4.20. The fourth-order valence-electron chi connectivity index (χ4n) is 11.2. The van der Waals surface area contributed by atoms with Crippen molar-refractivity contribution in [1.82, 2.24) is 0 Å². The minimum absolute atomic E-state index is 0.158.